The van der Waals surface area contributed by atoms with Crippen LogP contribution in [-0.2, 0) is 28.7 Å². The van der Waals surface area contributed by atoms with E-state index < -0.39 is 11.7 Å². The van der Waals surface area contributed by atoms with E-state index in [0.717, 1.165) is 47.9 Å². The van der Waals surface area contributed by atoms with E-state index in [1.165, 1.54) is 12.1 Å². The van der Waals surface area contributed by atoms with E-state index in [1.54, 1.807) is 9.80 Å². The Kier molecular flexibility index (Phi) is 8.25. The molecule has 0 atom stereocenters. The van der Waals surface area contributed by atoms with Crippen molar-refractivity contribution in [2.24, 2.45) is 11.8 Å². The van der Waals surface area contributed by atoms with Gasteiger partial charge in [-0.25, -0.2) is 0 Å². The van der Waals surface area contributed by atoms with Crippen molar-refractivity contribution in [1.82, 2.24) is 14.8 Å². The van der Waals surface area contributed by atoms with Crippen molar-refractivity contribution in [1.29, 1.82) is 0 Å². The minimum atomic E-state index is -4.41. The molecule has 0 aliphatic heterocycles. The summed E-state index contributed by atoms with van der Waals surface area (Å²) in [6.45, 7) is 5.06. The number of fused-ring (bicyclic) bond motifs is 1. The van der Waals surface area contributed by atoms with Gasteiger partial charge in [0.1, 0.15) is 0 Å². The molecule has 5 nitrogen and oxygen atoms in total. The molecule has 1 aliphatic carbocycles. The lowest BCUT2D eigenvalue weighted by atomic mass is 9.84. The summed E-state index contributed by atoms with van der Waals surface area (Å²) in [5.41, 5.74) is 1.96. The number of benzene rings is 2. The summed E-state index contributed by atoms with van der Waals surface area (Å²) in [4.78, 5) is 33.2. The first-order valence-electron chi connectivity index (χ1n) is 12.9. The molecule has 198 valence electrons. The summed E-state index contributed by atoms with van der Waals surface area (Å²) in [5.74, 6) is 0.0278. The van der Waals surface area contributed by atoms with Gasteiger partial charge in [0.2, 0.25) is 11.8 Å². The molecular weight excluding hydrogens is 479 g/mol. The van der Waals surface area contributed by atoms with Crippen LogP contribution < -0.4 is 0 Å². The van der Waals surface area contributed by atoms with Crippen LogP contribution in [0.1, 0.15) is 49.8 Å². The van der Waals surface area contributed by atoms with Crippen LogP contribution in [0.25, 0.3) is 10.9 Å². The third kappa shape index (κ3) is 6.73. The molecule has 37 heavy (non-hydrogen) atoms. The van der Waals surface area contributed by atoms with Crippen LogP contribution in [-0.4, -0.2) is 46.2 Å². The predicted octanol–water partition coefficient (Wildman–Crippen LogP) is 6.04. The summed E-state index contributed by atoms with van der Waals surface area (Å²) in [6, 6.07) is 12.8. The average molecular weight is 514 g/mol. The van der Waals surface area contributed by atoms with Gasteiger partial charge < -0.3 is 14.8 Å². The van der Waals surface area contributed by atoms with Crippen LogP contribution in [0.4, 0.5) is 13.2 Å². The topological polar surface area (TPSA) is 56.4 Å². The van der Waals surface area contributed by atoms with Crippen LogP contribution in [0.2, 0.25) is 0 Å². The molecule has 1 heterocycles. The standard InChI is InChI=1S/C29H34F3N3O2/c1-20(2)17-35(28(37)22-6-5-7-22)19-27(36)34(18-21-10-12-24(13-11-21)29(30,31)32)15-14-23-16-33-26-9-4-3-8-25(23)26/h3-4,8-13,16,20,22,33H,5-7,14-15,17-19H2,1-2H3. The minimum absolute atomic E-state index is 0.0128. The second-order valence-corrected chi connectivity index (χ2v) is 10.4. The molecule has 1 N–H and O–H groups in total. The second kappa shape index (κ2) is 11.4. The zero-order chi connectivity index (χ0) is 26.6. The first-order chi connectivity index (χ1) is 17.6. The number of amides is 2. The van der Waals surface area contributed by atoms with Crippen molar-refractivity contribution in [2.45, 2.75) is 52.3 Å². The molecule has 1 fully saturated rings. The number of halogens is 3. The number of H-pyrrole nitrogens is 1. The largest absolute Gasteiger partial charge is 0.416 e. The first-order valence-corrected chi connectivity index (χ1v) is 12.9. The third-order valence-electron chi connectivity index (χ3n) is 7.01. The van der Waals surface area contributed by atoms with Gasteiger partial charge in [-0.2, -0.15) is 13.2 Å². The molecule has 0 saturated heterocycles. The monoisotopic (exact) mass is 513 g/mol. The molecule has 2 amide bonds. The van der Waals surface area contributed by atoms with Crippen molar-refractivity contribution in [3.05, 3.63) is 71.4 Å². The first kappa shape index (κ1) is 26.8. The van der Waals surface area contributed by atoms with Crippen LogP contribution >= 0.6 is 0 Å². The summed E-state index contributed by atoms with van der Waals surface area (Å²) in [5, 5.41) is 1.08. The number of para-hydroxylation sites is 1. The summed E-state index contributed by atoms with van der Waals surface area (Å²) in [7, 11) is 0. The van der Waals surface area contributed by atoms with Crippen molar-refractivity contribution < 1.29 is 22.8 Å². The molecule has 2 aromatic carbocycles. The SMILES string of the molecule is CC(C)CN(CC(=O)N(CCc1c[nH]c2ccccc12)Cc1ccc(C(F)(F)F)cc1)C(=O)C1CCC1. The van der Waals surface area contributed by atoms with Gasteiger partial charge in [0, 0.05) is 42.7 Å². The zero-order valence-corrected chi connectivity index (χ0v) is 21.4. The third-order valence-corrected chi connectivity index (χ3v) is 7.01. The van der Waals surface area contributed by atoms with E-state index in [2.05, 4.69) is 4.98 Å². The molecule has 3 aromatic rings. The summed E-state index contributed by atoms with van der Waals surface area (Å²) in [6.07, 6.45) is 0.843. The fourth-order valence-electron chi connectivity index (χ4n) is 4.76. The molecule has 4 rings (SSSR count). The molecular formula is C29H34F3N3O2. The lowest BCUT2D eigenvalue weighted by Gasteiger charge is -2.34. The lowest BCUT2D eigenvalue weighted by Crippen LogP contribution is -2.47. The van der Waals surface area contributed by atoms with Gasteiger partial charge in [-0.3, -0.25) is 9.59 Å². The number of aromatic amines is 1. The highest BCUT2D eigenvalue weighted by Gasteiger charge is 2.32. The van der Waals surface area contributed by atoms with E-state index in [1.807, 2.05) is 44.3 Å². The molecule has 0 bridgehead atoms. The maximum Gasteiger partial charge on any atom is 0.416 e. The van der Waals surface area contributed by atoms with Crippen molar-refractivity contribution in [2.75, 3.05) is 19.6 Å². The van der Waals surface area contributed by atoms with Gasteiger partial charge in [0.25, 0.3) is 0 Å². The number of nitrogens with one attached hydrogen (secondary N) is 1. The van der Waals surface area contributed by atoms with Crippen LogP contribution in [0.5, 0.6) is 0 Å². The Morgan fingerprint density at radius 1 is 1.03 bits per heavy atom. The number of rotatable bonds is 10. The van der Waals surface area contributed by atoms with Gasteiger partial charge in [-0.1, -0.05) is 50.6 Å². The number of aromatic nitrogens is 1. The highest BCUT2D eigenvalue weighted by atomic mass is 19.4. The zero-order valence-electron chi connectivity index (χ0n) is 21.4. The summed E-state index contributed by atoms with van der Waals surface area (Å²) >= 11 is 0. The molecule has 8 heteroatoms. The Bertz CT molecular complexity index is 1210. The van der Waals surface area contributed by atoms with E-state index >= 15 is 0 Å². The molecule has 0 spiro atoms. The Labute approximate surface area is 215 Å². The van der Waals surface area contributed by atoms with Crippen molar-refractivity contribution >= 4 is 22.7 Å². The summed E-state index contributed by atoms with van der Waals surface area (Å²) < 4.78 is 39.1. The fourth-order valence-corrected chi connectivity index (χ4v) is 4.76. The van der Waals surface area contributed by atoms with E-state index in [4.69, 9.17) is 0 Å². The van der Waals surface area contributed by atoms with Gasteiger partial charge >= 0.3 is 6.18 Å². The molecule has 0 radical (unpaired) electrons. The van der Waals surface area contributed by atoms with Crippen LogP contribution in [0, 0.1) is 11.8 Å². The highest BCUT2D eigenvalue weighted by Crippen LogP contribution is 2.30. The minimum Gasteiger partial charge on any atom is -0.361 e. The second-order valence-electron chi connectivity index (χ2n) is 10.4. The molecule has 1 saturated carbocycles. The van der Waals surface area contributed by atoms with Crippen LogP contribution in [0.3, 0.4) is 0 Å². The highest BCUT2D eigenvalue weighted by molar-refractivity contribution is 5.86. The smallest absolute Gasteiger partial charge is 0.361 e. The van der Waals surface area contributed by atoms with E-state index in [-0.39, 0.29) is 36.7 Å². The molecule has 0 unspecified atom stereocenters. The Morgan fingerprint density at radius 2 is 1.73 bits per heavy atom. The maximum absolute atomic E-state index is 13.6. The van der Waals surface area contributed by atoms with E-state index in [9.17, 15) is 22.8 Å². The van der Waals surface area contributed by atoms with Gasteiger partial charge in [-0.05, 0) is 54.5 Å². The van der Waals surface area contributed by atoms with Crippen LogP contribution in [0.15, 0.2) is 54.7 Å². The number of carbonyl (C=O) groups is 2. The van der Waals surface area contributed by atoms with Gasteiger partial charge in [-0.15, -0.1) is 0 Å². The normalized spacial score (nSPS) is 14.1. The van der Waals surface area contributed by atoms with Gasteiger partial charge in [0.05, 0.1) is 12.1 Å². The maximum atomic E-state index is 13.6. The lowest BCUT2D eigenvalue weighted by molar-refractivity contribution is -0.145. The fraction of sp³-hybridized carbons (Fsp3) is 0.448. The van der Waals surface area contributed by atoms with E-state index in [0.29, 0.717) is 25.1 Å². The molecule has 1 aromatic heterocycles. The Balaban J connectivity index is 1.53. The Morgan fingerprint density at radius 3 is 2.35 bits per heavy atom. The number of hydrogen-bond acceptors (Lipinski definition) is 2. The molecule has 1 aliphatic rings. The quantitative estimate of drug-likeness (QED) is 0.359. The van der Waals surface area contributed by atoms with Gasteiger partial charge in [0.15, 0.2) is 0 Å². The number of carbonyl (C=O) groups excluding carboxylic acids is 2. The number of alkyl halides is 3. The number of hydrogen-bond donors (Lipinski definition) is 1. The van der Waals surface area contributed by atoms with Crippen molar-refractivity contribution in [3.63, 3.8) is 0 Å². The Hall–Kier alpha value is -3.29. The van der Waals surface area contributed by atoms with Crippen molar-refractivity contribution in [3.8, 4) is 0 Å². The number of nitrogens with zero attached hydrogens (tertiary/aromatic N) is 2. The average Bonchev–Trinajstić information content (AvgIpc) is 3.22. The predicted molar refractivity (Wildman–Crippen MR) is 138 cm³/mol.